The lowest BCUT2D eigenvalue weighted by Crippen LogP contribution is -2.47. The van der Waals surface area contributed by atoms with Crippen molar-refractivity contribution < 1.29 is 4.79 Å². The first-order chi connectivity index (χ1) is 11.1. The Bertz CT molecular complexity index is 596. The summed E-state index contributed by atoms with van der Waals surface area (Å²) in [6.07, 6.45) is 6.11. The molecule has 3 fully saturated rings. The van der Waals surface area contributed by atoms with Gasteiger partial charge in [-0.05, 0) is 19.3 Å². The molecule has 3 aliphatic heterocycles. The van der Waals surface area contributed by atoms with Crippen LogP contribution in [-0.4, -0.2) is 59.6 Å². The Balaban J connectivity index is 1.40. The highest BCUT2D eigenvalue weighted by atomic mass is 35.5. The number of halogens is 1. The van der Waals surface area contributed by atoms with E-state index in [0.29, 0.717) is 22.7 Å². The summed E-state index contributed by atoms with van der Waals surface area (Å²) in [6.45, 7) is 4.66. The molecule has 124 valence electrons. The summed E-state index contributed by atoms with van der Waals surface area (Å²) in [5.41, 5.74) is 7.48. The van der Waals surface area contributed by atoms with Crippen LogP contribution in [-0.2, 0) is 4.79 Å². The number of pyridine rings is 1. The van der Waals surface area contributed by atoms with Gasteiger partial charge in [0, 0.05) is 44.3 Å². The molecule has 0 aromatic carbocycles. The summed E-state index contributed by atoms with van der Waals surface area (Å²) in [5, 5.41) is 0.583. The van der Waals surface area contributed by atoms with Crippen LogP contribution in [0.25, 0.3) is 0 Å². The van der Waals surface area contributed by atoms with Gasteiger partial charge >= 0.3 is 0 Å². The molecule has 0 radical (unpaired) electrons. The van der Waals surface area contributed by atoms with E-state index in [2.05, 4.69) is 19.7 Å². The Morgan fingerprint density at radius 2 is 2.00 bits per heavy atom. The average molecular weight is 336 g/mol. The lowest BCUT2D eigenvalue weighted by Gasteiger charge is -2.37. The summed E-state index contributed by atoms with van der Waals surface area (Å²) < 4.78 is 0. The number of fused-ring (bicyclic) bond motifs is 2. The molecule has 4 heterocycles. The molecule has 7 heteroatoms. The standard InChI is InChI=1S/C16H22ClN5O/c17-13-7-19-8-14(18)15(13)21-5-1-11(2-6-21)16(23)22-10-20-4-3-12(22)9-20/h7-8,11-12H,1-6,9-10,18H2. The van der Waals surface area contributed by atoms with Crippen molar-refractivity contribution in [2.24, 2.45) is 5.92 Å². The van der Waals surface area contributed by atoms with Gasteiger partial charge in [-0.15, -0.1) is 0 Å². The summed E-state index contributed by atoms with van der Waals surface area (Å²) in [5.74, 6) is 0.472. The van der Waals surface area contributed by atoms with Crippen molar-refractivity contribution in [3.05, 3.63) is 17.4 Å². The summed E-state index contributed by atoms with van der Waals surface area (Å²) in [4.78, 5) is 23.4. The fourth-order valence-corrected chi connectivity index (χ4v) is 4.42. The molecule has 3 aliphatic rings. The van der Waals surface area contributed by atoms with Crippen molar-refractivity contribution in [3.63, 3.8) is 0 Å². The lowest BCUT2D eigenvalue weighted by atomic mass is 9.94. The van der Waals surface area contributed by atoms with Crippen molar-refractivity contribution in [1.82, 2.24) is 14.8 Å². The van der Waals surface area contributed by atoms with E-state index in [1.807, 2.05) is 0 Å². The summed E-state index contributed by atoms with van der Waals surface area (Å²) in [6, 6.07) is 0.450. The molecule has 2 atom stereocenters. The third-order valence-electron chi connectivity index (χ3n) is 5.39. The lowest BCUT2D eigenvalue weighted by molar-refractivity contribution is -0.138. The number of nitrogens with zero attached hydrogens (tertiary/aromatic N) is 4. The highest BCUT2D eigenvalue weighted by molar-refractivity contribution is 6.33. The number of amides is 1. The smallest absolute Gasteiger partial charge is 0.227 e. The number of carbonyl (C=O) groups excluding carboxylic acids is 1. The van der Waals surface area contributed by atoms with Gasteiger partial charge in [-0.2, -0.15) is 0 Å². The highest BCUT2D eigenvalue weighted by Crippen LogP contribution is 2.35. The Labute approximate surface area is 141 Å². The molecular weight excluding hydrogens is 314 g/mol. The van der Waals surface area contributed by atoms with E-state index in [1.165, 1.54) is 0 Å². The Hall–Kier alpha value is -1.53. The topological polar surface area (TPSA) is 65.7 Å². The first kappa shape index (κ1) is 15.0. The first-order valence-electron chi connectivity index (χ1n) is 8.30. The van der Waals surface area contributed by atoms with Crippen LogP contribution >= 0.6 is 11.6 Å². The van der Waals surface area contributed by atoms with Crippen molar-refractivity contribution >= 4 is 28.9 Å². The fourth-order valence-electron chi connectivity index (χ4n) is 4.14. The number of hydrogen-bond acceptors (Lipinski definition) is 5. The van der Waals surface area contributed by atoms with Crippen molar-refractivity contribution in [2.75, 3.05) is 43.5 Å². The molecule has 0 spiro atoms. The van der Waals surface area contributed by atoms with Crippen LogP contribution in [0.15, 0.2) is 12.4 Å². The van der Waals surface area contributed by atoms with Crippen LogP contribution in [0.1, 0.15) is 19.3 Å². The molecule has 2 N–H and O–H groups in total. The van der Waals surface area contributed by atoms with Crippen LogP contribution in [0.4, 0.5) is 11.4 Å². The number of nitrogens with two attached hydrogens (primary N) is 1. The molecule has 23 heavy (non-hydrogen) atoms. The van der Waals surface area contributed by atoms with E-state index < -0.39 is 0 Å². The number of hydrogen-bond donors (Lipinski definition) is 1. The predicted octanol–water partition coefficient (Wildman–Crippen LogP) is 1.41. The number of rotatable bonds is 2. The minimum Gasteiger partial charge on any atom is -0.396 e. The van der Waals surface area contributed by atoms with E-state index >= 15 is 0 Å². The van der Waals surface area contributed by atoms with Gasteiger partial charge in [-0.1, -0.05) is 11.6 Å². The van der Waals surface area contributed by atoms with Crippen LogP contribution < -0.4 is 10.6 Å². The Kier molecular flexibility index (Phi) is 3.81. The third-order valence-corrected chi connectivity index (χ3v) is 5.66. The quantitative estimate of drug-likeness (QED) is 0.885. The van der Waals surface area contributed by atoms with Gasteiger partial charge in [0.15, 0.2) is 0 Å². The Morgan fingerprint density at radius 1 is 1.22 bits per heavy atom. The second-order valence-corrected chi connectivity index (χ2v) is 7.20. The van der Waals surface area contributed by atoms with Gasteiger partial charge in [0.2, 0.25) is 5.91 Å². The van der Waals surface area contributed by atoms with Gasteiger partial charge in [0.1, 0.15) is 0 Å². The molecule has 6 nitrogen and oxygen atoms in total. The maximum absolute atomic E-state index is 12.8. The van der Waals surface area contributed by atoms with Crippen molar-refractivity contribution in [2.45, 2.75) is 25.3 Å². The summed E-state index contributed by atoms with van der Waals surface area (Å²) in [7, 11) is 0. The second-order valence-electron chi connectivity index (χ2n) is 6.79. The molecule has 1 amide bonds. The zero-order valence-electron chi connectivity index (χ0n) is 13.1. The molecule has 2 bridgehead atoms. The van der Waals surface area contributed by atoms with Gasteiger partial charge in [-0.25, -0.2) is 0 Å². The summed E-state index contributed by atoms with van der Waals surface area (Å²) >= 11 is 6.24. The first-order valence-corrected chi connectivity index (χ1v) is 8.68. The van der Waals surface area contributed by atoms with E-state index in [1.54, 1.807) is 12.4 Å². The van der Waals surface area contributed by atoms with E-state index in [9.17, 15) is 4.79 Å². The van der Waals surface area contributed by atoms with Gasteiger partial charge in [-0.3, -0.25) is 14.7 Å². The van der Waals surface area contributed by atoms with E-state index in [4.69, 9.17) is 17.3 Å². The van der Waals surface area contributed by atoms with Gasteiger partial charge in [0.25, 0.3) is 0 Å². The maximum atomic E-state index is 12.8. The molecule has 2 unspecified atom stereocenters. The van der Waals surface area contributed by atoms with E-state index in [0.717, 1.165) is 57.8 Å². The Morgan fingerprint density at radius 3 is 2.61 bits per heavy atom. The zero-order valence-corrected chi connectivity index (χ0v) is 13.9. The van der Waals surface area contributed by atoms with Crippen LogP contribution in [0.5, 0.6) is 0 Å². The number of aromatic nitrogens is 1. The maximum Gasteiger partial charge on any atom is 0.227 e. The average Bonchev–Trinajstić information content (AvgIpc) is 3.18. The van der Waals surface area contributed by atoms with Crippen LogP contribution in [0.3, 0.4) is 0 Å². The molecule has 1 aromatic rings. The number of carbonyl (C=O) groups is 1. The largest absolute Gasteiger partial charge is 0.396 e. The monoisotopic (exact) mass is 335 g/mol. The minimum atomic E-state index is 0.133. The molecular formula is C16H22ClN5O. The number of anilines is 2. The molecule has 1 aromatic heterocycles. The van der Waals surface area contributed by atoms with E-state index in [-0.39, 0.29) is 5.92 Å². The van der Waals surface area contributed by atoms with Crippen LogP contribution in [0, 0.1) is 5.92 Å². The SMILES string of the molecule is Nc1cncc(Cl)c1N1CCC(C(=O)N2CN3CCC2C3)CC1. The molecule has 4 rings (SSSR count). The molecule has 0 aliphatic carbocycles. The highest BCUT2D eigenvalue weighted by Gasteiger charge is 2.41. The minimum absolute atomic E-state index is 0.133. The van der Waals surface area contributed by atoms with Crippen molar-refractivity contribution in [3.8, 4) is 0 Å². The van der Waals surface area contributed by atoms with Gasteiger partial charge in [0.05, 0.1) is 29.3 Å². The third kappa shape index (κ3) is 2.64. The predicted molar refractivity (Wildman–Crippen MR) is 90.3 cm³/mol. The number of nitrogen functional groups attached to an aromatic ring is 1. The van der Waals surface area contributed by atoms with Gasteiger partial charge < -0.3 is 15.5 Å². The second kappa shape index (κ2) is 5.83. The number of piperidine rings is 1. The zero-order chi connectivity index (χ0) is 16.0. The normalized spacial score (nSPS) is 27.7. The van der Waals surface area contributed by atoms with Crippen LogP contribution in [0.2, 0.25) is 5.02 Å². The molecule has 0 saturated carbocycles. The molecule has 3 saturated heterocycles. The fraction of sp³-hybridized carbons (Fsp3) is 0.625. The van der Waals surface area contributed by atoms with Crippen molar-refractivity contribution in [1.29, 1.82) is 0 Å².